The van der Waals surface area contributed by atoms with Crippen LogP contribution in [0.5, 0.6) is 0 Å². The maximum atomic E-state index is 6.16. The standard InChI is InChI=1S/C12H15ClN2/c13-12-4-2-1-3-9(12)7-15-8-10-5-11(15)6-14-10/h1-4,10-11,14H,5-8H2/t10-,11+/m1/s1. The molecule has 1 aromatic rings. The largest absolute Gasteiger partial charge is 0.311 e. The molecule has 0 radical (unpaired) electrons. The first-order valence-electron chi connectivity index (χ1n) is 5.54. The third-order valence-corrected chi connectivity index (χ3v) is 3.87. The van der Waals surface area contributed by atoms with E-state index in [1.165, 1.54) is 18.5 Å². The highest BCUT2D eigenvalue weighted by Gasteiger charge is 2.37. The second-order valence-electron chi connectivity index (χ2n) is 4.52. The lowest BCUT2D eigenvalue weighted by Gasteiger charge is -2.27. The van der Waals surface area contributed by atoms with Gasteiger partial charge in [-0.25, -0.2) is 0 Å². The minimum absolute atomic E-state index is 0.720. The van der Waals surface area contributed by atoms with Crippen LogP contribution in [0, 0.1) is 0 Å². The number of hydrogen-bond acceptors (Lipinski definition) is 2. The van der Waals surface area contributed by atoms with Crippen molar-refractivity contribution in [1.82, 2.24) is 10.2 Å². The van der Waals surface area contributed by atoms with Gasteiger partial charge in [-0.05, 0) is 18.1 Å². The molecule has 2 saturated heterocycles. The molecule has 0 aromatic heterocycles. The van der Waals surface area contributed by atoms with Crippen molar-refractivity contribution >= 4 is 11.6 Å². The lowest BCUT2D eigenvalue weighted by Crippen LogP contribution is -2.42. The normalized spacial score (nSPS) is 29.9. The minimum Gasteiger partial charge on any atom is -0.311 e. The summed E-state index contributed by atoms with van der Waals surface area (Å²) in [6, 6.07) is 9.60. The third-order valence-electron chi connectivity index (χ3n) is 3.50. The van der Waals surface area contributed by atoms with Gasteiger partial charge in [0.2, 0.25) is 0 Å². The van der Waals surface area contributed by atoms with E-state index < -0.39 is 0 Å². The molecule has 2 nitrogen and oxygen atoms in total. The number of nitrogens with zero attached hydrogens (tertiary/aromatic N) is 1. The Morgan fingerprint density at radius 2 is 2.27 bits per heavy atom. The molecule has 1 aromatic carbocycles. The zero-order valence-electron chi connectivity index (χ0n) is 8.62. The zero-order chi connectivity index (χ0) is 10.3. The molecule has 2 atom stereocenters. The molecule has 2 aliphatic heterocycles. The maximum Gasteiger partial charge on any atom is 0.0451 e. The average molecular weight is 223 g/mol. The van der Waals surface area contributed by atoms with Gasteiger partial charge >= 0.3 is 0 Å². The molecule has 2 bridgehead atoms. The minimum atomic E-state index is 0.720. The van der Waals surface area contributed by atoms with E-state index in [2.05, 4.69) is 22.3 Å². The smallest absolute Gasteiger partial charge is 0.0451 e. The van der Waals surface area contributed by atoms with E-state index >= 15 is 0 Å². The Morgan fingerprint density at radius 1 is 1.40 bits per heavy atom. The van der Waals surface area contributed by atoms with Crippen molar-refractivity contribution < 1.29 is 0 Å². The summed E-state index contributed by atoms with van der Waals surface area (Å²) in [5, 5.41) is 4.41. The number of rotatable bonds is 2. The fourth-order valence-corrected chi connectivity index (χ4v) is 2.88. The van der Waals surface area contributed by atoms with Gasteiger partial charge in [0.05, 0.1) is 0 Å². The predicted molar refractivity (Wildman–Crippen MR) is 62.1 cm³/mol. The first-order valence-corrected chi connectivity index (χ1v) is 5.91. The van der Waals surface area contributed by atoms with Crippen molar-refractivity contribution in [3.8, 4) is 0 Å². The van der Waals surface area contributed by atoms with Gasteiger partial charge in [-0.3, -0.25) is 4.90 Å². The Hall–Kier alpha value is -0.570. The molecule has 1 N–H and O–H groups in total. The number of piperazine rings is 1. The summed E-state index contributed by atoms with van der Waals surface area (Å²) in [5.41, 5.74) is 1.26. The summed E-state index contributed by atoms with van der Waals surface area (Å²) in [6.45, 7) is 3.33. The van der Waals surface area contributed by atoms with Crippen LogP contribution in [0.1, 0.15) is 12.0 Å². The van der Waals surface area contributed by atoms with Crippen LogP contribution in [0.25, 0.3) is 0 Å². The van der Waals surface area contributed by atoms with E-state index in [4.69, 9.17) is 11.6 Å². The van der Waals surface area contributed by atoms with Crippen LogP contribution in [0.2, 0.25) is 5.02 Å². The maximum absolute atomic E-state index is 6.16. The van der Waals surface area contributed by atoms with Crippen LogP contribution >= 0.6 is 11.6 Å². The third kappa shape index (κ3) is 1.78. The van der Waals surface area contributed by atoms with Crippen LogP contribution in [-0.2, 0) is 6.54 Å². The van der Waals surface area contributed by atoms with Gasteiger partial charge < -0.3 is 5.32 Å². The summed E-state index contributed by atoms with van der Waals surface area (Å²) in [7, 11) is 0. The topological polar surface area (TPSA) is 15.3 Å². The number of halogens is 1. The Balaban J connectivity index is 1.73. The molecule has 0 saturated carbocycles. The number of hydrogen-bond donors (Lipinski definition) is 1. The van der Waals surface area contributed by atoms with E-state index in [1.54, 1.807) is 0 Å². The highest BCUT2D eigenvalue weighted by molar-refractivity contribution is 6.31. The van der Waals surface area contributed by atoms with Crippen LogP contribution in [0.4, 0.5) is 0 Å². The summed E-state index contributed by atoms with van der Waals surface area (Å²) in [5.74, 6) is 0. The van der Waals surface area contributed by atoms with Gasteiger partial charge in [0.1, 0.15) is 0 Å². The fourth-order valence-electron chi connectivity index (χ4n) is 2.69. The SMILES string of the molecule is Clc1ccccc1CN1C[C@H]2C[C@H]1CN2. The molecule has 0 spiro atoms. The Kier molecular flexibility index (Phi) is 2.43. The highest BCUT2D eigenvalue weighted by atomic mass is 35.5. The van der Waals surface area contributed by atoms with E-state index in [0.29, 0.717) is 0 Å². The van der Waals surface area contributed by atoms with Crippen molar-refractivity contribution in [2.24, 2.45) is 0 Å². The molecular formula is C12H15ClN2. The molecule has 15 heavy (non-hydrogen) atoms. The van der Waals surface area contributed by atoms with Crippen LogP contribution < -0.4 is 5.32 Å². The van der Waals surface area contributed by atoms with Gasteiger partial charge in [0.25, 0.3) is 0 Å². The molecular weight excluding hydrogens is 208 g/mol. The van der Waals surface area contributed by atoms with Crippen LogP contribution in [0.3, 0.4) is 0 Å². The molecule has 2 fully saturated rings. The van der Waals surface area contributed by atoms with Crippen LogP contribution in [-0.4, -0.2) is 30.1 Å². The van der Waals surface area contributed by atoms with Gasteiger partial charge in [0.15, 0.2) is 0 Å². The summed E-state index contributed by atoms with van der Waals surface area (Å²) < 4.78 is 0. The molecule has 0 aliphatic carbocycles. The second kappa shape index (κ2) is 3.78. The van der Waals surface area contributed by atoms with Crippen LogP contribution in [0.15, 0.2) is 24.3 Å². The quantitative estimate of drug-likeness (QED) is 0.822. The molecule has 3 rings (SSSR count). The summed E-state index contributed by atoms with van der Waals surface area (Å²) in [6.07, 6.45) is 1.31. The molecule has 0 unspecified atom stereocenters. The summed E-state index contributed by atoms with van der Waals surface area (Å²) >= 11 is 6.16. The van der Waals surface area contributed by atoms with Gasteiger partial charge in [0, 0.05) is 36.7 Å². The average Bonchev–Trinajstić information content (AvgIpc) is 2.83. The van der Waals surface area contributed by atoms with Gasteiger partial charge in [-0.15, -0.1) is 0 Å². The molecule has 2 heterocycles. The highest BCUT2D eigenvalue weighted by Crippen LogP contribution is 2.26. The first kappa shape index (κ1) is 9.64. The second-order valence-corrected chi connectivity index (χ2v) is 4.92. The molecule has 0 amide bonds. The first-order chi connectivity index (χ1) is 7.33. The lowest BCUT2D eigenvalue weighted by atomic mass is 10.2. The van der Waals surface area contributed by atoms with Gasteiger partial charge in [-0.1, -0.05) is 29.8 Å². The van der Waals surface area contributed by atoms with Crippen molar-refractivity contribution in [3.05, 3.63) is 34.9 Å². The van der Waals surface area contributed by atoms with Crippen molar-refractivity contribution in [2.45, 2.75) is 25.0 Å². The Morgan fingerprint density at radius 3 is 2.93 bits per heavy atom. The number of likely N-dealkylation sites (tertiary alicyclic amines) is 1. The van der Waals surface area contributed by atoms with Crippen molar-refractivity contribution in [2.75, 3.05) is 13.1 Å². The number of fused-ring (bicyclic) bond motifs is 2. The number of benzene rings is 1. The monoisotopic (exact) mass is 222 g/mol. The van der Waals surface area contributed by atoms with E-state index in [9.17, 15) is 0 Å². The summed E-state index contributed by atoms with van der Waals surface area (Å²) in [4.78, 5) is 2.54. The lowest BCUT2D eigenvalue weighted by molar-refractivity contribution is 0.218. The number of nitrogens with one attached hydrogen (secondary N) is 1. The van der Waals surface area contributed by atoms with Crippen molar-refractivity contribution in [3.63, 3.8) is 0 Å². The van der Waals surface area contributed by atoms with Crippen molar-refractivity contribution in [1.29, 1.82) is 0 Å². The zero-order valence-corrected chi connectivity index (χ0v) is 9.37. The molecule has 2 aliphatic rings. The van der Waals surface area contributed by atoms with E-state index in [0.717, 1.165) is 30.2 Å². The predicted octanol–water partition coefficient (Wildman–Crippen LogP) is 1.89. The fraction of sp³-hybridized carbons (Fsp3) is 0.500. The molecule has 3 heteroatoms. The van der Waals surface area contributed by atoms with E-state index in [1.807, 2.05) is 12.1 Å². The van der Waals surface area contributed by atoms with Gasteiger partial charge in [-0.2, -0.15) is 0 Å². The Bertz CT molecular complexity index is 366. The molecule has 80 valence electrons. The van der Waals surface area contributed by atoms with E-state index in [-0.39, 0.29) is 0 Å². The Labute approximate surface area is 95.2 Å².